The van der Waals surface area contributed by atoms with E-state index in [4.69, 9.17) is 9.31 Å². The molecule has 42 heavy (non-hydrogen) atoms. The van der Waals surface area contributed by atoms with Crippen molar-refractivity contribution in [2.24, 2.45) is 0 Å². The SMILES string of the molecule is Cc1ccc(S2(c3ccc(C)cc3)c3ccccc3-c3c(-c4ccc(B5OC(C)(C)C(C)(C)O5)cc4)cccc32)cc1. The molecule has 7 rings (SSSR count). The molecule has 0 amide bonds. The minimum Gasteiger partial charge on any atom is -0.399 e. The Bertz CT molecular complexity index is 1730. The van der Waals surface area contributed by atoms with Crippen molar-refractivity contribution in [1.29, 1.82) is 0 Å². The summed E-state index contributed by atoms with van der Waals surface area (Å²) in [6.45, 7) is 12.7. The van der Waals surface area contributed by atoms with Crippen LogP contribution in [0.3, 0.4) is 0 Å². The maximum absolute atomic E-state index is 6.34. The fraction of sp³-hybridized carbons (Fsp3) is 0.211. The topological polar surface area (TPSA) is 18.5 Å². The zero-order valence-electron chi connectivity index (χ0n) is 25.3. The van der Waals surface area contributed by atoms with Crippen LogP contribution in [0.4, 0.5) is 0 Å². The fourth-order valence-electron chi connectivity index (χ4n) is 6.29. The third-order valence-electron chi connectivity index (χ3n) is 9.34. The van der Waals surface area contributed by atoms with E-state index in [1.54, 1.807) is 0 Å². The second kappa shape index (κ2) is 9.74. The van der Waals surface area contributed by atoms with Crippen LogP contribution in [0.5, 0.6) is 0 Å². The van der Waals surface area contributed by atoms with Crippen LogP contribution < -0.4 is 5.46 Å². The molecule has 2 aliphatic rings. The maximum atomic E-state index is 6.34. The lowest BCUT2D eigenvalue weighted by atomic mass is 9.78. The average molecular weight is 569 g/mol. The number of hydrogen-bond donors (Lipinski definition) is 0. The Labute approximate surface area is 252 Å². The van der Waals surface area contributed by atoms with Crippen LogP contribution in [0.2, 0.25) is 0 Å². The number of aryl methyl sites for hydroxylation is 2. The molecular formula is C38H37BO2S. The molecule has 0 aromatic heterocycles. The van der Waals surface area contributed by atoms with E-state index in [0.717, 1.165) is 5.46 Å². The van der Waals surface area contributed by atoms with Crippen molar-refractivity contribution in [3.8, 4) is 22.3 Å². The molecule has 0 saturated carbocycles. The molecule has 210 valence electrons. The van der Waals surface area contributed by atoms with Crippen molar-refractivity contribution in [1.82, 2.24) is 0 Å². The molecule has 0 radical (unpaired) electrons. The molecule has 1 fully saturated rings. The highest BCUT2D eigenvalue weighted by molar-refractivity contribution is 8.34. The predicted octanol–water partition coefficient (Wildman–Crippen LogP) is 9.59. The van der Waals surface area contributed by atoms with Crippen molar-refractivity contribution in [2.75, 3.05) is 0 Å². The van der Waals surface area contributed by atoms with Crippen molar-refractivity contribution in [3.63, 3.8) is 0 Å². The van der Waals surface area contributed by atoms with Gasteiger partial charge in [0.1, 0.15) is 0 Å². The molecule has 5 aromatic carbocycles. The number of benzene rings is 5. The van der Waals surface area contributed by atoms with Crippen LogP contribution in [-0.2, 0) is 9.31 Å². The summed E-state index contributed by atoms with van der Waals surface area (Å²) in [7, 11) is -2.06. The fourth-order valence-corrected chi connectivity index (χ4v) is 10.5. The van der Waals surface area contributed by atoms with E-state index in [9.17, 15) is 0 Å². The molecule has 5 aromatic rings. The lowest BCUT2D eigenvalue weighted by Crippen LogP contribution is -2.41. The third kappa shape index (κ3) is 4.04. The first-order valence-electron chi connectivity index (χ1n) is 14.8. The molecule has 0 N–H and O–H groups in total. The van der Waals surface area contributed by atoms with E-state index in [1.807, 2.05) is 0 Å². The van der Waals surface area contributed by atoms with Crippen LogP contribution in [0.15, 0.2) is 135 Å². The van der Waals surface area contributed by atoms with Gasteiger partial charge in [-0.1, -0.05) is 90.0 Å². The van der Waals surface area contributed by atoms with Crippen LogP contribution in [-0.4, -0.2) is 18.3 Å². The van der Waals surface area contributed by atoms with Crippen LogP contribution >= 0.6 is 10.0 Å². The first kappa shape index (κ1) is 27.3. The minimum atomic E-state index is -1.69. The highest BCUT2D eigenvalue weighted by Gasteiger charge is 2.51. The Morgan fingerprint density at radius 3 is 1.60 bits per heavy atom. The standard InChI is InChI=1S/C38H37BO2S/c1-26-14-22-30(23-15-26)42(31-24-16-27(2)17-25-31)34-12-8-7-10-33(34)36-32(11-9-13-35(36)42)28-18-20-29(21-19-28)39-40-37(3,4)38(5,6)41-39/h7-25H,1-6H3. The zero-order valence-corrected chi connectivity index (χ0v) is 26.1. The molecule has 0 unspecified atom stereocenters. The van der Waals surface area contributed by atoms with Gasteiger partial charge in [-0.3, -0.25) is 0 Å². The summed E-state index contributed by atoms with van der Waals surface area (Å²) in [6.07, 6.45) is 0. The van der Waals surface area contributed by atoms with Gasteiger partial charge in [0.25, 0.3) is 0 Å². The van der Waals surface area contributed by atoms with Gasteiger partial charge in [-0.15, -0.1) is 10.0 Å². The summed E-state index contributed by atoms with van der Waals surface area (Å²) in [4.78, 5) is 5.56. The van der Waals surface area contributed by atoms with Crippen LogP contribution in [0.25, 0.3) is 22.3 Å². The van der Waals surface area contributed by atoms with Gasteiger partial charge >= 0.3 is 7.12 Å². The van der Waals surface area contributed by atoms with E-state index < -0.39 is 10.0 Å². The molecule has 2 aliphatic heterocycles. The van der Waals surface area contributed by atoms with Crippen molar-refractivity contribution >= 4 is 22.6 Å². The largest absolute Gasteiger partial charge is 0.494 e. The summed E-state index contributed by atoms with van der Waals surface area (Å²) >= 11 is 0. The molecular weight excluding hydrogens is 531 g/mol. The maximum Gasteiger partial charge on any atom is 0.494 e. The van der Waals surface area contributed by atoms with Gasteiger partial charge in [0.05, 0.1) is 11.2 Å². The van der Waals surface area contributed by atoms with Crippen molar-refractivity contribution < 1.29 is 9.31 Å². The Kier molecular flexibility index (Phi) is 6.33. The Hall–Kier alpha value is -3.57. The van der Waals surface area contributed by atoms with Gasteiger partial charge in [0, 0.05) is 25.1 Å². The van der Waals surface area contributed by atoms with Crippen molar-refractivity contribution in [2.45, 2.75) is 72.3 Å². The lowest BCUT2D eigenvalue weighted by Gasteiger charge is -2.39. The molecule has 0 spiro atoms. The molecule has 1 saturated heterocycles. The third-order valence-corrected chi connectivity index (χ3v) is 13.3. The highest BCUT2D eigenvalue weighted by atomic mass is 32.3. The van der Waals surface area contributed by atoms with E-state index in [2.05, 4.69) is 157 Å². The minimum absolute atomic E-state index is 0.363. The van der Waals surface area contributed by atoms with Crippen LogP contribution in [0.1, 0.15) is 38.8 Å². The normalized spacial score (nSPS) is 18.4. The molecule has 0 bridgehead atoms. The van der Waals surface area contributed by atoms with E-state index in [-0.39, 0.29) is 18.3 Å². The second-order valence-corrected chi connectivity index (χ2v) is 15.7. The van der Waals surface area contributed by atoms with Gasteiger partial charge in [0.2, 0.25) is 0 Å². The first-order chi connectivity index (χ1) is 20.1. The summed E-state index contributed by atoms with van der Waals surface area (Å²) in [5.41, 5.74) is 8.00. The summed E-state index contributed by atoms with van der Waals surface area (Å²) in [5, 5.41) is 0. The number of fused-ring (bicyclic) bond motifs is 3. The van der Waals surface area contributed by atoms with Crippen molar-refractivity contribution in [3.05, 3.63) is 126 Å². The quantitative estimate of drug-likeness (QED) is 0.197. The number of rotatable bonds is 4. The van der Waals surface area contributed by atoms with E-state index in [1.165, 1.54) is 53.0 Å². The smallest absolute Gasteiger partial charge is 0.399 e. The highest BCUT2D eigenvalue weighted by Crippen LogP contribution is 2.80. The van der Waals surface area contributed by atoms with Gasteiger partial charge in [-0.2, -0.15) is 0 Å². The van der Waals surface area contributed by atoms with E-state index in [0.29, 0.717) is 0 Å². The van der Waals surface area contributed by atoms with Gasteiger partial charge < -0.3 is 9.31 Å². The monoisotopic (exact) mass is 568 g/mol. The van der Waals surface area contributed by atoms with Crippen LogP contribution in [0, 0.1) is 13.8 Å². The molecule has 2 nitrogen and oxygen atoms in total. The Morgan fingerprint density at radius 2 is 1.02 bits per heavy atom. The Morgan fingerprint density at radius 1 is 0.524 bits per heavy atom. The Balaban J connectivity index is 1.42. The van der Waals surface area contributed by atoms with Gasteiger partial charge in [-0.25, -0.2) is 0 Å². The summed E-state index contributed by atoms with van der Waals surface area (Å²) in [5.74, 6) is 0. The predicted molar refractivity (Wildman–Crippen MR) is 176 cm³/mol. The molecule has 0 aliphatic carbocycles. The average Bonchev–Trinajstić information content (AvgIpc) is 3.41. The second-order valence-electron chi connectivity index (χ2n) is 12.6. The first-order valence-corrected chi connectivity index (χ1v) is 16.4. The summed E-state index contributed by atoms with van der Waals surface area (Å²) < 4.78 is 12.7. The molecule has 4 heteroatoms. The molecule has 0 atom stereocenters. The lowest BCUT2D eigenvalue weighted by molar-refractivity contribution is 0.00578. The summed E-state index contributed by atoms with van der Waals surface area (Å²) in [6, 6.07) is 43.2. The molecule has 2 heterocycles. The number of hydrogen-bond acceptors (Lipinski definition) is 2. The van der Waals surface area contributed by atoms with E-state index >= 15 is 0 Å². The van der Waals surface area contributed by atoms with Gasteiger partial charge in [-0.05, 0) is 100 Å². The van der Waals surface area contributed by atoms with Gasteiger partial charge in [0.15, 0.2) is 0 Å². The zero-order chi connectivity index (χ0) is 29.3.